The van der Waals surface area contributed by atoms with Gasteiger partial charge < -0.3 is 5.73 Å². The highest BCUT2D eigenvalue weighted by molar-refractivity contribution is 14.1. The number of rotatable bonds is 2. The second kappa shape index (κ2) is 5.67. The Bertz CT molecular complexity index is 363. The van der Waals surface area contributed by atoms with Gasteiger partial charge in [-0.05, 0) is 66.1 Å². The first-order chi connectivity index (χ1) is 8.08. The number of nitrogens with two attached hydrogens (primary N) is 1. The summed E-state index contributed by atoms with van der Waals surface area (Å²) in [5.41, 5.74) is 7.56. The van der Waals surface area contributed by atoms with E-state index in [4.69, 9.17) is 5.73 Å². The molecule has 1 fully saturated rings. The van der Waals surface area contributed by atoms with Gasteiger partial charge in [-0.25, -0.2) is 0 Å². The first-order valence-corrected chi connectivity index (χ1v) is 7.41. The number of piperidine rings is 1. The summed E-state index contributed by atoms with van der Waals surface area (Å²) < 4.78 is 1.29. The van der Waals surface area contributed by atoms with E-state index in [0.29, 0.717) is 18.0 Å². The molecule has 0 bridgehead atoms. The van der Waals surface area contributed by atoms with E-state index in [0.717, 1.165) is 6.54 Å². The van der Waals surface area contributed by atoms with Crippen molar-refractivity contribution in [3.63, 3.8) is 0 Å². The fourth-order valence-corrected chi connectivity index (χ4v) is 2.79. The highest BCUT2D eigenvalue weighted by Crippen LogP contribution is 2.26. The lowest BCUT2D eigenvalue weighted by Crippen LogP contribution is -2.48. The molecule has 1 saturated heterocycles. The van der Waals surface area contributed by atoms with Gasteiger partial charge in [0.05, 0.1) is 0 Å². The van der Waals surface area contributed by atoms with Crippen LogP contribution in [0, 0.1) is 9.49 Å². The maximum absolute atomic E-state index is 6.17. The molecule has 3 unspecified atom stereocenters. The Hall–Kier alpha value is -0.130. The second-order valence-electron chi connectivity index (χ2n) is 5.15. The zero-order valence-electron chi connectivity index (χ0n) is 10.6. The summed E-state index contributed by atoms with van der Waals surface area (Å²) in [7, 11) is 0. The Balaban J connectivity index is 2.05. The van der Waals surface area contributed by atoms with Gasteiger partial charge in [0.2, 0.25) is 0 Å². The first-order valence-electron chi connectivity index (χ1n) is 6.33. The zero-order valence-corrected chi connectivity index (χ0v) is 12.7. The highest BCUT2D eigenvalue weighted by atomic mass is 127. The molecule has 0 radical (unpaired) electrons. The molecule has 2 N–H and O–H groups in total. The van der Waals surface area contributed by atoms with Gasteiger partial charge in [-0.2, -0.15) is 0 Å². The molecule has 0 aromatic heterocycles. The van der Waals surface area contributed by atoms with Crippen LogP contribution < -0.4 is 5.73 Å². The van der Waals surface area contributed by atoms with E-state index >= 15 is 0 Å². The van der Waals surface area contributed by atoms with Gasteiger partial charge in [-0.1, -0.05) is 19.1 Å². The molecular weight excluding hydrogens is 323 g/mol. The first kappa shape index (κ1) is 13.3. The molecular formula is C14H21IN2. The molecule has 2 nitrogen and oxygen atoms in total. The minimum absolute atomic E-state index is 0.329. The largest absolute Gasteiger partial charge is 0.326 e. The third-order valence-electron chi connectivity index (χ3n) is 3.95. The Labute approximate surface area is 118 Å². The molecule has 1 aliphatic rings. The predicted octanol–water partition coefficient (Wildman–Crippen LogP) is 3.02. The lowest BCUT2D eigenvalue weighted by atomic mass is 9.92. The highest BCUT2D eigenvalue weighted by Gasteiger charge is 2.26. The maximum Gasteiger partial charge on any atom is 0.0320 e. The smallest absolute Gasteiger partial charge is 0.0320 e. The van der Waals surface area contributed by atoms with Gasteiger partial charge in [0.1, 0.15) is 0 Å². The van der Waals surface area contributed by atoms with Crippen molar-refractivity contribution >= 4 is 22.6 Å². The number of hydrogen-bond donors (Lipinski definition) is 1. The van der Waals surface area contributed by atoms with Crippen molar-refractivity contribution in [2.75, 3.05) is 13.1 Å². The van der Waals surface area contributed by atoms with Gasteiger partial charge in [0.15, 0.2) is 0 Å². The molecule has 1 heterocycles. The number of nitrogens with zero attached hydrogens (tertiary/aromatic N) is 1. The number of likely N-dealkylation sites (tertiary alicyclic amines) is 1. The minimum Gasteiger partial charge on any atom is -0.326 e. The van der Waals surface area contributed by atoms with Crippen LogP contribution in [-0.2, 0) is 0 Å². The number of benzene rings is 1. The number of halogens is 1. The summed E-state index contributed by atoms with van der Waals surface area (Å²) in [6.07, 6.45) is 1.22. The van der Waals surface area contributed by atoms with Crippen LogP contribution in [0.1, 0.15) is 31.9 Å². The summed E-state index contributed by atoms with van der Waals surface area (Å²) in [6, 6.07) is 9.63. The standard InChI is InChI=1S/C14H21IN2/c1-10-7-8-17(9-14(10)16)11(2)12-3-5-13(15)6-4-12/h3-6,10-11,14H,7-9,16H2,1-2H3. The lowest BCUT2D eigenvalue weighted by molar-refractivity contribution is 0.128. The molecule has 17 heavy (non-hydrogen) atoms. The third kappa shape index (κ3) is 3.20. The van der Waals surface area contributed by atoms with Crippen molar-refractivity contribution in [2.45, 2.75) is 32.4 Å². The van der Waals surface area contributed by atoms with E-state index in [1.165, 1.54) is 22.1 Å². The van der Waals surface area contributed by atoms with Crippen LogP contribution in [0.15, 0.2) is 24.3 Å². The van der Waals surface area contributed by atoms with E-state index in [-0.39, 0.29) is 0 Å². The summed E-state index contributed by atoms with van der Waals surface area (Å²) in [4.78, 5) is 2.51. The molecule has 0 spiro atoms. The summed E-state index contributed by atoms with van der Waals surface area (Å²) in [5.74, 6) is 0.662. The molecule has 3 atom stereocenters. The van der Waals surface area contributed by atoms with Crippen LogP contribution in [0.2, 0.25) is 0 Å². The summed E-state index contributed by atoms with van der Waals surface area (Å²) in [5, 5.41) is 0. The Morgan fingerprint density at radius 1 is 1.35 bits per heavy atom. The molecule has 0 aliphatic carbocycles. The van der Waals surface area contributed by atoms with Gasteiger partial charge >= 0.3 is 0 Å². The van der Waals surface area contributed by atoms with Crippen LogP contribution in [-0.4, -0.2) is 24.0 Å². The molecule has 0 saturated carbocycles. The summed E-state index contributed by atoms with van der Waals surface area (Å²) >= 11 is 2.35. The summed E-state index contributed by atoms with van der Waals surface area (Å²) in [6.45, 7) is 6.73. The predicted molar refractivity (Wildman–Crippen MR) is 80.9 cm³/mol. The Morgan fingerprint density at radius 3 is 2.59 bits per heavy atom. The zero-order chi connectivity index (χ0) is 12.4. The minimum atomic E-state index is 0.329. The maximum atomic E-state index is 6.17. The fraction of sp³-hybridized carbons (Fsp3) is 0.571. The SMILES string of the molecule is CC1CCN(C(C)c2ccc(I)cc2)CC1N. The Kier molecular flexibility index (Phi) is 4.44. The van der Waals surface area contributed by atoms with Gasteiger partial charge in [-0.15, -0.1) is 0 Å². The fourth-order valence-electron chi connectivity index (χ4n) is 2.43. The van der Waals surface area contributed by atoms with E-state index in [1.807, 2.05) is 0 Å². The second-order valence-corrected chi connectivity index (χ2v) is 6.40. The van der Waals surface area contributed by atoms with Crippen LogP contribution in [0.25, 0.3) is 0 Å². The van der Waals surface area contributed by atoms with Crippen molar-refractivity contribution in [3.8, 4) is 0 Å². The van der Waals surface area contributed by atoms with E-state index in [9.17, 15) is 0 Å². The molecule has 0 amide bonds. The molecule has 1 aromatic carbocycles. The van der Waals surface area contributed by atoms with Gasteiger partial charge in [0, 0.05) is 22.2 Å². The third-order valence-corrected chi connectivity index (χ3v) is 4.67. The van der Waals surface area contributed by atoms with Crippen molar-refractivity contribution in [1.82, 2.24) is 4.90 Å². The molecule has 94 valence electrons. The molecule has 2 rings (SSSR count). The molecule has 1 aromatic rings. The van der Waals surface area contributed by atoms with Crippen LogP contribution in [0.4, 0.5) is 0 Å². The average molecular weight is 344 g/mol. The monoisotopic (exact) mass is 344 g/mol. The van der Waals surface area contributed by atoms with Crippen molar-refractivity contribution < 1.29 is 0 Å². The average Bonchev–Trinajstić information content (AvgIpc) is 2.33. The normalized spacial score (nSPS) is 28.0. The topological polar surface area (TPSA) is 29.3 Å². The lowest BCUT2D eigenvalue weighted by Gasteiger charge is -2.38. The van der Waals surface area contributed by atoms with E-state index in [2.05, 4.69) is 65.6 Å². The van der Waals surface area contributed by atoms with Crippen molar-refractivity contribution in [3.05, 3.63) is 33.4 Å². The molecule has 1 aliphatic heterocycles. The molecule has 3 heteroatoms. The van der Waals surface area contributed by atoms with Crippen LogP contribution >= 0.6 is 22.6 Å². The Morgan fingerprint density at radius 2 is 2.00 bits per heavy atom. The van der Waals surface area contributed by atoms with Crippen LogP contribution in [0.5, 0.6) is 0 Å². The van der Waals surface area contributed by atoms with Crippen molar-refractivity contribution in [2.24, 2.45) is 11.7 Å². The van der Waals surface area contributed by atoms with Crippen LogP contribution in [0.3, 0.4) is 0 Å². The quantitative estimate of drug-likeness (QED) is 0.836. The van der Waals surface area contributed by atoms with Crippen molar-refractivity contribution in [1.29, 1.82) is 0 Å². The van der Waals surface area contributed by atoms with Gasteiger partial charge in [0.25, 0.3) is 0 Å². The van der Waals surface area contributed by atoms with Gasteiger partial charge in [-0.3, -0.25) is 4.90 Å². The van der Waals surface area contributed by atoms with E-state index < -0.39 is 0 Å². The number of hydrogen-bond acceptors (Lipinski definition) is 2. The van der Waals surface area contributed by atoms with E-state index in [1.54, 1.807) is 0 Å².